The van der Waals surface area contributed by atoms with Crippen LogP contribution in [0.5, 0.6) is 0 Å². The molecule has 1 aromatic heterocycles. The highest BCUT2D eigenvalue weighted by atomic mass is 32.1. The fourth-order valence-corrected chi connectivity index (χ4v) is 1.90. The van der Waals surface area contributed by atoms with Crippen molar-refractivity contribution in [3.63, 3.8) is 0 Å². The smallest absolute Gasteiger partial charge is 0.345 e. The van der Waals surface area contributed by atoms with E-state index in [2.05, 4.69) is 4.74 Å². The maximum atomic E-state index is 10.9. The summed E-state index contributed by atoms with van der Waals surface area (Å²) in [5.74, 6) is -2.10. The van der Waals surface area contributed by atoms with E-state index in [1.54, 1.807) is 0 Å². The molecule has 0 fully saturated rings. The minimum absolute atomic E-state index is 0.0196. The van der Waals surface area contributed by atoms with E-state index >= 15 is 0 Å². The van der Waals surface area contributed by atoms with Gasteiger partial charge in [0.2, 0.25) is 0 Å². The number of aromatic carboxylic acids is 1. The molecule has 0 spiro atoms. The molecule has 6 nitrogen and oxygen atoms in total. The number of methoxy groups -OCH3 is 1. The summed E-state index contributed by atoms with van der Waals surface area (Å²) in [6.07, 6.45) is -3.20. The van der Waals surface area contributed by atoms with Crippen LogP contribution >= 0.6 is 11.3 Å². The molecule has 0 aliphatic carbocycles. The van der Waals surface area contributed by atoms with E-state index in [-0.39, 0.29) is 9.75 Å². The summed E-state index contributed by atoms with van der Waals surface area (Å²) in [6, 6.07) is 2.63. The monoisotopic (exact) mass is 246 g/mol. The Morgan fingerprint density at radius 1 is 1.38 bits per heavy atom. The molecule has 0 aromatic carbocycles. The molecule has 0 aliphatic heterocycles. The molecule has 7 heteroatoms. The normalized spacial score (nSPS) is 14.2. The molecular formula is C9H10O6S. The van der Waals surface area contributed by atoms with Crippen LogP contribution in [0.2, 0.25) is 0 Å². The van der Waals surface area contributed by atoms with Gasteiger partial charge in [0, 0.05) is 4.88 Å². The highest BCUT2D eigenvalue weighted by Crippen LogP contribution is 2.26. The Labute approximate surface area is 94.7 Å². The molecule has 1 heterocycles. The summed E-state index contributed by atoms with van der Waals surface area (Å²) in [5, 5.41) is 27.5. The second-order valence-electron chi connectivity index (χ2n) is 2.92. The quantitative estimate of drug-likeness (QED) is 0.647. The van der Waals surface area contributed by atoms with Gasteiger partial charge < -0.3 is 20.1 Å². The van der Waals surface area contributed by atoms with Gasteiger partial charge in [0.25, 0.3) is 0 Å². The molecule has 0 aliphatic rings. The molecule has 16 heavy (non-hydrogen) atoms. The Morgan fingerprint density at radius 2 is 2.00 bits per heavy atom. The minimum atomic E-state index is -1.72. The molecule has 0 saturated heterocycles. The fourth-order valence-electron chi connectivity index (χ4n) is 1.03. The summed E-state index contributed by atoms with van der Waals surface area (Å²) < 4.78 is 4.25. The van der Waals surface area contributed by atoms with Gasteiger partial charge in [0.1, 0.15) is 11.0 Å². The van der Waals surface area contributed by atoms with Gasteiger partial charge in [0.15, 0.2) is 6.10 Å². The van der Waals surface area contributed by atoms with E-state index in [0.717, 1.165) is 18.4 Å². The van der Waals surface area contributed by atoms with Crippen molar-refractivity contribution in [1.29, 1.82) is 0 Å². The summed E-state index contributed by atoms with van der Waals surface area (Å²) >= 11 is 0.788. The first-order chi connectivity index (χ1) is 7.47. The predicted octanol–water partition coefficient (Wildman–Crippen LogP) is 0.0136. The molecule has 88 valence electrons. The zero-order chi connectivity index (χ0) is 12.3. The number of rotatable bonds is 4. The standard InChI is InChI=1S/C9H10O6S/c1-15-9(14)7(11)6(10)4-2-3-5(16-4)8(12)13/h2-3,6-7,10-11H,1H3,(H,12,13). The van der Waals surface area contributed by atoms with E-state index in [1.807, 2.05) is 0 Å². The van der Waals surface area contributed by atoms with Crippen LogP contribution in [0.15, 0.2) is 12.1 Å². The molecule has 3 N–H and O–H groups in total. The Bertz CT molecular complexity index is 398. The van der Waals surface area contributed by atoms with Crippen molar-refractivity contribution in [2.75, 3.05) is 7.11 Å². The van der Waals surface area contributed by atoms with Gasteiger partial charge in [-0.3, -0.25) is 0 Å². The van der Waals surface area contributed by atoms with Crippen LogP contribution in [-0.4, -0.2) is 40.5 Å². The lowest BCUT2D eigenvalue weighted by atomic mass is 10.2. The van der Waals surface area contributed by atoms with Crippen molar-refractivity contribution in [1.82, 2.24) is 0 Å². The van der Waals surface area contributed by atoms with Gasteiger partial charge in [-0.05, 0) is 12.1 Å². The number of carbonyl (C=O) groups is 2. The van der Waals surface area contributed by atoms with Crippen molar-refractivity contribution in [2.24, 2.45) is 0 Å². The van der Waals surface area contributed by atoms with Crippen LogP contribution in [0, 0.1) is 0 Å². The SMILES string of the molecule is COC(=O)C(O)C(O)c1ccc(C(=O)O)s1. The maximum absolute atomic E-state index is 10.9. The van der Waals surface area contributed by atoms with Crippen LogP contribution < -0.4 is 0 Å². The lowest BCUT2D eigenvalue weighted by Gasteiger charge is -2.13. The predicted molar refractivity (Wildman–Crippen MR) is 54.3 cm³/mol. The number of carboxylic acid groups (broad SMARTS) is 1. The third kappa shape index (κ3) is 2.57. The minimum Gasteiger partial charge on any atom is -0.477 e. The van der Waals surface area contributed by atoms with E-state index in [9.17, 15) is 19.8 Å². The molecule has 1 rings (SSSR count). The third-order valence-corrected chi connectivity index (χ3v) is 3.01. The van der Waals surface area contributed by atoms with Gasteiger partial charge in [0.05, 0.1) is 7.11 Å². The second-order valence-corrected chi connectivity index (χ2v) is 4.04. The number of hydrogen-bond acceptors (Lipinski definition) is 6. The van der Waals surface area contributed by atoms with Gasteiger partial charge in [-0.1, -0.05) is 0 Å². The van der Waals surface area contributed by atoms with Gasteiger partial charge in [-0.15, -0.1) is 11.3 Å². The van der Waals surface area contributed by atoms with Crippen molar-refractivity contribution in [3.8, 4) is 0 Å². The summed E-state index contributed by atoms with van der Waals surface area (Å²) in [4.78, 5) is 21.7. The van der Waals surface area contributed by atoms with Crippen molar-refractivity contribution in [2.45, 2.75) is 12.2 Å². The van der Waals surface area contributed by atoms with Gasteiger partial charge >= 0.3 is 11.9 Å². The number of aliphatic hydroxyl groups excluding tert-OH is 2. The lowest BCUT2D eigenvalue weighted by Crippen LogP contribution is -2.28. The average Bonchev–Trinajstić information content (AvgIpc) is 2.75. The van der Waals surface area contributed by atoms with Crippen LogP contribution in [-0.2, 0) is 9.53 Å². The summed E-state index contributed by atoms with van der Waals surface area (Å²) in [5.41, 5.74) is 0. The number of carbonyl (C=O) groups excluding carboxylic acids is 1. The summed E-state index contributed by atoms with van der Waals surface area (Å²) in [6.45, 7) is 0. The molecule has 0 saturated carbocycles. The highest BCUT2D eigenvalue weighted by Gasteiger charge is 2.28. The number of aliphatic hydroxyl groups is 2. The Morgan fingerprint density at radius 3 is 2.44 bits per heavy atom. The Balaban J connectivity index is 2.83. The van der Waals surface area contributed by atoms with Gasteiger partial charge in [-0.25, -0.2) is 9.59 Å². The van der Waals surface area contributed by atoms with E-state index in [1.165, 1.54) is 12.1 Å². The molecular weight excluding hydrogens is 236 g/mol. The first-order valence-corrected chi connectivity index (χ1v) is 5.06. The Hall–Kier alpha value is -1.44. The third-order valence-electron chi connectivity index (χ3n) is 1.87. The largest absolute Gasteiger partial charge is 0.477 e. The van der Waals surface area contributed by atoms with Crippen LogP contribution in [0.25, 0.3) is 0 Å². The molecule has 0 bridgehead atoms. The molecule has 2 unspecified atom stereocenters. The number of ether oxygens (including phenoxy) is 1. The van der Waals surface area contributed by atoms with Crippen LogP contribution in [0.1, 0.15) is 20.7 Å². The zero-order valence-corrected chi connectivity index (χ0v) is 9.10. The molecule has 0 radical (unpaired) electrons. The van der Waals surface area contributed by atoms with Crippen molar-refractivity contribution in [3.05, 3.63) is 21.9 Å². The lowest BCUT2D eigenvalue weighted by molar-refractivity contribution is -0.156. The number of carboxylic acids is 1. The van der Waals surface area contributed by atoms with Crippen LogP contribution in [0.4, 0.5) is 0 Å². The fraction of sp³-hybridized carbons (Fsp3) is 0.333. The summed E-state index contributed by atoms with van der Waals surface area (Å²) in [7, 11) is 1.08. The number of hydrogen-bond donors (Lipinski definition) is 3. The topological polar surface area (TPSA) is 104 Å². The zero-order valence-electron chi connectivity index (χ0n) is 8.28. The Kier molecular flexibility index (Phi) is 3.99. The number of esters is 1. The first-order valence-electron chi connectivity index (χ1n) is 4.24. The molecule has 0 amide bonds. The van der Waals surface area contributed by atoms with Crippen LogP contribution in [0.3, 0.4) is 0 Å². The van der Waals surface area contributed by atoms with E-state index in [0.29, 0.717) is 0 Å². The van der Waals surface area contributed by atoms with Gasteiger partial charge in [-0.2, -0.15) is 0 Å². The average molecular weight is 246 g/mol. The van der Waals surface area contributed by atoms with E-state index in [4.69, 9.17) is 5.11 Å². The molecule has 1 aromatic rings. The van der Waals surface area contributed by atoms with E-state index < -0.39 is 24.1 Å². The maximum Gasteiger partial charge on any atom is 0.345 e. The first kappa shape index (κ1) is 12.6. The number of thiophene rings is 1. The van der Waals surface area contributed by atoms with Crippen molar-refractivity contribution < 1.29 is 29.6 Å². The second kappa shape index (κ2) is 5.06. The van der Waals surface area contributed by atoms with Crippen molar-refractivity contribution >= 4 is 23.3 Å². The molecule has 2 atom stereocenters. The highest BCUT2D eigenvalue weighted by molar-refractivity contribution is 7.14.